The third kappa shape index (κ3) is 6.32. The summed E-state index contributed by atoms with van der Waals surface area (Å²) in [6, 6.07) is 31.3. The number of carbonyl (C=O) groups is 1. The number of hydrogen-bond donors (Lipinski definition) is 1. The van der Waals surface area contributed by atoms with Crippen LogP contribution in [0.15, 0.2) is 108 Å². The molecule has 4 rings (SSSR count). The molecule has 0 heterocycles. The molecule has 0 saturated carbocycles. The van der Waals surface area contributed by atoms with Crippen molar-refractivity contribution in [3.63, 3.8) is 0 Å². The first kappa shape index (κ1) is 27.1. The molecule has 0 saturated heterocycles. The van der Waals surface area contributed by atoms with Gasteiger partial charge in [0.1, 0.15) is 6.54 Å². The fraction of sp³-hybridized carbons (Fsp3) is 0.219. The van der Waals surface area contributed by atoms with Crippen molar-refractivity contribution in [2.24, 2.45) is 0 Å². The lowest BCUT2D eigenvalue weighted by atomic mass is 9.98. The van der Waals surface area contributed by atoms with Gasteiger partial charge in [0.05, 0.1) is 16.6 Å². The van der Waals surface area contributed by atoms with Crippen molar-refractivity contribution >= 4 is 21.6 Å². The Morgan fingerprint density at radius 1 is 0.711 bits per heavy atom. The molecule has 0 aliphatic heterocycles. The van der Waals surface area contributed by atoms with Crippen LogP contribution in [0.3, 0.4) is 0 Å². The van der Waals surface area contributed by atoms with E-state index in [1.165, 1.54) is 4.31 Å². The molecule has 1 amide bonds. The Hall–Kier alpha value is -3.90. The van der Waals surface area contributed by atoms with Gasteiger partial charge in [-0.05, 0) is 60.7 Å². The van der Waals surface area contributed by atoms with Crippen molar-refractivity contribution in [1.82, 2.24) is 5.32 Å². The van der Waals surface area contributed by atoms with E-state index in [4.69, 9.17) is 0 Å². The molecule has 0 fully saturated rings. The summed E-state index contributed by atoms with van der Waals surface area (Å²) < 4.78 is 28.8. The van der Waals surface area contributed by atoms with E-state index < -0.39 is 22.0 Å². The number of anilines is 1. The topological polar surface area (TPSA) is 66.5 Å². The van der Waals surface area contributed by atoms with E-state index in [1.54, 1.807) is 36.4 Å². The molecule has 1 atom stereocenters. The maximum Gasteiger partial charge on any atom is 0.264 e. The first-order chi connectivity index (χ1) is 18.1. The van der Waals surface area contributed by atoms with Crippen LogP contribution in [0.4, 0.5) is 5.69 Å². The average Bonchev–Trinajstić information content (AvgIpc) is 2.92. The summed E-state index contributed by atoms with van der Waals surface area (Å²) in [5.41, 5.74) is 5.44. The van der Waals surface area contributed by atoms with Crippen LogP contribution in [-0.4, -0.2) is 20.9 Å². The summed E-state index contributed by atoms with van der Waals surface area (Å²) in [5, 5.41) is 3.09. The van der Waals surface area contributed by atoms with Crippen LogP contribution in [0.1, 0.15) is 53.6 Å². The van der Waals surface area contributed by atoms with Crippen molar-refractivity contribution < 1.29 is 13.2 Å². The van der Waals surface area contributed by atoms with Crippen molar-refractivity contribution in [2.75, 3.05) is 10.8 Å². The summed E-state index contributed by atoms with van der Waals surface area (Å²) in [6.07, 6.45) is 0. The second-order valence-corrected chi connectivity index (χ2v) is 11.8. The Balaban J connectivity index is 1.69. The van der Waals surface area contributed by atoms with Gasteiger partial charge in [-0.3, -0.25) is 9.10 Å². The average molecular weight is 527 g/mol. The number of rotatable bonds is 9. The molecule has 196 valence electrons. The first-order valence-electron chi connectivity index (χ1n) is 12.8. The van der Waals surface area contributed by atoms with E-state index in [1.807, 2.05) is 80.6 Å². The second kappa shape index (κ2) is 11.7. The maximum atomic E-state index is 13.8. The van der Waals surface area contributed by atoms with Gasteiger partial charge in [-0.15, -0.1) is 0 Å². The number of benzene rings is 4. The van der Waals surface area contributed by atoms with Crippen LogP contribution >= 0.6 is 0 Å². The molecule has 5 nitrogen and oxygen atoms in total. The van der Waals surface area contributed by atoms with E-state index in [9.17, 15) is 13.2 Å². The number of sulfonamides is 1. The Morgan fingerprint density at radius 3 is 1.76 bits per heavy atom. The SMILES string of the molecule is Cc1ccc([C@H](NC(=O)CN(c2ccc(C(C)C)cc2)S(=O)(=O)c2ccc(C)cc2)c2ccccc2)cc1. The van der Waals surface area contributed by atoms with E-state index in [-0.39, 0.29) is 11.4 Å². The van der Waals surface area contributed by atoms with Gasteiger partial charge >= 0.3 is 0 Å². The lowest BCUT2D eigenvalue weighted by Crippen LogP contribution is -2.42. The largest absolute Gasteiger partial charge is 0.344 e. The van der Waals surface area contributed by atoms with Gasteiger partial charge in [0.15, 0.2) is 0 Å². The van der Waals surface area contributed by atoms with Gasteiger partial charge in [-0.1, -0.05) is 104 Å². The minimum Gasteiger partial charge on any atom is -0.344 e. The lowest BCUT2D eigenvalue weighted by molar-refractivity contribution is -0.120. The number of nitrogens with zero attached hydrogens (tertiary/aromatic N) is 1. The van der Waals surface area contributed by atoms with E-state index in [2.05, 4.69) is 19.2 Å². The summed E-state index contributed by atoms with van der Waals surface area (Å²) in [7, 11) is -4.00. The van der Waals surface area contributed by atoms with Crippen LogP contribution in [0.5, 0.6) is 0 Å². The second-order valence-electron chi connectivity index (χ2n) is 9.89. The van der Waals surface area contributed by atoms with Gasteiger partial charge in [-0.25, -0.2) is 8.42 Å². The third-order valence-corrected chi connectivity index (χ3v) is 8.38. The van der Waals surface area contributed by atoms with Crippen molar-refractivity contribution in [3.05, 3.63) is 131 Å². The van der Waals surface area contributed by atoms with Crippen molar-refractivity contribution in [3.8, 4) is 0 Å². The quantitative estimate of drug-likeness (QED) is 0.270. The Labute approximate surface area is 226 Å². The summed E-state index contributed by atoms with van der Waals surface area (Å²) in [5.74, 6) is -0.0984. The molecule has 0 radical (unpaired) electrons. The number of aryl methyl sites for hydroxylation is 2. The smallest absolute Gasteiger partial charge is 0.264 e. The van der Waals surface area contributed by atoms with Gasteiger partial charge in [0.25, 0.3) is 10.0 Å². The molecule has 0 unspecified atom stereocenters. The molecule has 0 aliphatic carbocycles. The van der Waals surface area contributed by atoms with E-state index in [0.29, 0.717) is 11.6 Å². The zero-order chi connectivity index (χ0) is 27.3. The molecule has 38 heavy (non-hydrogen) atoms. The fourth-order valence-electron chi connectivity index (χ4n) is 4.28. The number of hydrogen-bond acceptors (Lipinski definition) is 3. The lowest BCUT2D eigenvalue weighted by Gasteiger charge is -2.26. The number of carbonyl (C=O) groups excluding carboxylic acids is 1. The molecule has 0 aliphatic rings. The molecule has 0 aromatic heterocycles. The molecule has 4 aromatic rings. The zero-order valence-electron chi connectivity index (χ0n) is 22.3. The number of amides is 1. The monoisotopic (exact) mass is 526 g/mol. The third-order valence-electron chi connectivity index (χ3n) is 6.59. The number of nitrogens with one attached hydrogen (secondary N) is 1. The predicted octanol–water partition coefficient (Wildman–Crippen LogP) is 6.53. The van der Waals surface area contributed by atoms with Crippen LogP contribution in [0.25, 0.3) is 0 Å². The fourth-order valence-corrected chi connectivity index (χ4v) is 5.70. The van der Waals surface area contributed by atoms with Gasteiger partial charge in [0.2, 0.25) is 5.91 Å². The first-order valence-corrected chi connectivity index (χ1v) is 14.2. The standard InChI is InChI=1S/C32H34N2O3S/c1-23(2)26-16-18-29(19-17-26)34(38(36,37)30-20-12-25(4)13-21-30)22-31(35)33-32(27-8-6-5-7-9-27)28-14-10-24(3)11-15-28/h5-21,23,32H,22H2,1-4H3,(H,33,35)/t32-/m1/s1. The molecule has 0 bridgehead atoms. The normalized spacial score (nSPS) is 12.2. The van der Waals surface area contributed by atoms with Gasteiger partial charge in [-0.2, -0.15) is 0 Å². The highest BCUT2D eigenvalue weighted by Crippen LogP contribution is 2.27. The van der Waals surface area contributed by atoms with E-state index >= 15 is 0 Å². The van der Waals surface area contributed by atoms with Crippen molar-refractivity contribution in [2.45, 2.75) is 44.6 Å². The highest BCUT2D eigenvalue weighted by molar-refractivity contribution is 7.92. The predicted molar refractivity (Wildman–Crippen MR) is 154 cm³/mol. The molecule has 6 heteroatoms. The van der Waals surface area contributed by atoms with Crippen LogP contribution in [0, 0.1) is 13.8 Å². The van der Waals surface area contributed by atoms with Crippen molar-refractivity contribution in [1.29, 1.82) is 0 Å². The van der Waals surface area contributed by atoms with Gasteiger partial charge < -0.3 is 5.32 Å². The minimum absolute atomic E-state index is 0.141. The highest BCUT2D eigenvalue weighted by atomic mass is 32.2. The summed E-state index contributed by atoms with van der Waals surface area (Å²) >= 11 is 0. The molecular weight excluding hydrogens is 492 g/mol. The minimum atomic E-state index is -4.00. The zero-order valence-corrected chi connectivity index (χ0v) is 23.1. The van der Waals surface area contributed by atoms with Crippen LogP contribution in [-0.2, 0) is 14.8 Å². The summed E-state index contributed by atoms with van der Waals surface area (Å²) in [6.45, 7) is 7.72. The Bertz CT molecular complexity index is 1460. The molecular formula is C32H34N2O3S. The molecule has 1 N–H and O–H groups in total. The van der Waals surface area contributed by atoms with Crippen LogP contribution < -0.4 is 9.62 Å². The Morgan fingerprint density at radius 2 is 1.21 bits per heavy atom. The Kier molecular flexibility index (Phi) is 8.32. The summed E-state index contributed by atoms with van der Waals surface area (Å²) in [4.78, 5) is 13.7. The highest BCUT2D eigenvalue weighted by Gasteiger charge is 2.28. The van der Waals surface area contributed by atoms with Gasteiger partial charge in [0, 0.05) is 0 Å². The van der Waals surface area contributed by atoms with E-state index in [0.717, 1.165) is 27.8 Å². The molecule has 0 spiro atoms. The molecule has 4 aromatic carbocycles. The van der Waals surface area contributed by atoms with Crippen LogP contribution in [0.2, 0.25) is 0 Å². The maximum absolute atomic E-state index is 13.8.